The molecule has 2 saturated heterocycles. The molecule has 0 aliphatic carbocycles. The molecule has 3 rings (SSSR count). The van der Waals surface area contributed by atoms with Crippen molar-refractivity contribution in [1.82, 2.24) is 15.1 Å². The largest absolute Gasteiger partial charge is 0.478 e. The summed E-state index contributed by atoms with van der Waals surface area (Å²) in [4.78, 5) is 16.3. The summed E-state index contributed by atoms with van der Waals surface area (Å²) in [7, 11) is 2.21. The van der Waals surface area contributed by atoms with Crippen molar-refractivity contribution in [2.24, 2.45) is 0 Å². The Kier molecular flexibility index (Phi) is 6.10. The van der Waals surface area contributed by atoms with Crippen LogP contribution in [0.25, 0.3) is 0 Å². The normalized spacial score (nSPS) is 22.0. The molecule has 138 valence electrons. The van der Waals surface area contributed by atoms with Crippen molar-refractivity contribution in [3.8, 4) is 0 Å². The molecule has 0 radical (unpaired) electrons. The van der Waals surface area contributed by atoms with Crippen LogP contribution in [0.1, 0.15) is 48.0 Å². The zero-order valence-corrected chi connectivity index (χ0v) is 15.3. The van der Waals surface area contributed by atoms with Crippen LogP contribution in [0, 0.1) is 0 Å². The Morgan fingerprint density at radius 3 is 2.56 bits per heavy atom. The molecule has 0 saturated carbocycles. The van der Waals surface area contributed by atoms with E-state index in [1.807, 2.05) is 12.1 Å². The van der Waals surface area contributed by atoms with Gasteiger partial charge in [0.2, 0.25) is 0 Å². The Bertz CT molecular complexity index is 576. The Hall–Kier alpha value is -1.43. The van der Waals surface area contributed by atoms with Crippen LogP contribution in [-0.4, -0.2) is 66.2 Å². The van der Waals surface area contributed by atoms with Gasteiger partial charge in [0.05, 0.1) is 5.56 Å². The summed E-state index contributed by atoms with van der Waals surface area (Å²) >= 11 is 0. The molecule has 0 unspecified atom stereocenters. The third-order valence-corrected chi connectivity index (χ3v) is 5.90. The van der Waals surface area contributed by atoms with Crippen molar-refractivity contribution >= 4 is 5.97 Å². The second-order valence-corrected chi connectivity index (χ2v) is 7.68. The molecule has 5 heteroatoms. The van der Waals surface area contributed by atoms with Gasteiger partial charge in [-0.2, -0.15) is 0 Å². The van der Waals surface area contributed by atoms with E-state index in [9.17, 15) is 4.79 Å². The van der Waals surface area contributed by atoms with Crippen molar-refractivity contribution in [2.75, 3.05) is 39.8 Å². The summed E-state index contributed by atoms with van der Waals surface area (Å²) in [6.45, 7) is 6.48. The minimum atomic E-state index is -0.859. The topological polar surface area (TPSA) is 55.8 Å². The highest BCUT2D eigenvalue weighted by atomic mass is 16.4. The van der Waals surface area contributed by atoms with Gasteiger partial charge in [-0.25, -0.2) is 4.79 Å². The Morgan fingerprint density at radius 1 is 1.16 bits per heavy atom. The molecular weight excluding hydrogens is 314 g/mol. The van der Waals surface area contributed by atoms with E-state index in [0.717, 1.165) is 31.7 Å². The van der Waals surface area contributed by atoms with Gasteiger partial charge in [0.25, 0.3) is 0 Å². The zero-order valence-electron chi connectivity index (χ0n) is 15.3. The first kappa shape index (κ1) is 18.4. The van der Waals surface area contributed by atoms with Crippen molar-refractivity contribution < 1.29 is 9.90 Å². The predicted molar refractivity (Wildman–Crippen MR) is 100.0 cm³/mol. The van der Waals surface area contributed by atoms with Gasteiger partial charge < -0.3 is 15.3 Å². The fourth-order valence-electron chi connectivity index (χ4n) is 4.26. The van der Waals surface area contributed by atoms with Crippen LogP contribution in [0.15, 0.2) is 24.3 Å². The predicted octanol–water partition coefficient (Wildman–Crippen LogP) is 2.42. The number of carboxylic acids is 1. The molecule has 1 aromatic carbocycles. The Morgan fingerprint density at radius 2 is 1.88 bits per heavy atom. The Labute approximate surface area is 151 Å². The maximum atomic E-state index is 11.1. The summed E-state index contributed by atoms with van der Waals surface area (Å²) in [5, 5.41) is 12.8. The SMILES string of the molecule is CN1CCC(CNCc2cccc(C(=O)O)c2)(N2CCCCC2)CC1. The molecule has 5 nitrogen and oxygen atoms in total. The molecule has 0 aromatic heterocycles. The second kappa shape index (κ2) is 8.30. The molecular formula is C20H31N3O2. The standard InChI is InChI=1S/C20H31N3O2/c1-22-12-8-20(9-13-22,23-10-3-2-4-11-23)16-21-15-17-6-5-7-18(14-17)19(24)25/h5-7,14,21H,2-4,8-13,15-16H2,1H3,(H,24,25). The molecule has 2 aliphatic rings. The number of nitrogens with one attached hydrogen (secondary N) is 1. The van der Waals surface area contributed by atoms with Gasteiger partial charge in [0.15, 0.2) is 0 Å². The second-order valence-electron chi connectivity index (χ2n) is 7.68. The van der Waals surface area contributed by atoms with E-state index in [1.165, 1.54) is 45.2 Å². The fourth-order valence-corrected chi connectivity index (χ4v) is 4.26. The van der Waals surface area contributed by atoms with E-state index < -0.39 is 5.97 Å². The number of likely N-dealkylation sites (tertiary alicyclic amines) is 2. The number of piperidine rings is 2. The molecule has 2 heterocycles. The molecule has 1 aromatic rings. The first-order valence-corrected chi connectivity index (χ1v) is 9.56. The van der Waals surface area contributed by atoms with E-state index in [0.29, 0.717) is 5.56 Å². The third kappa shape index (κ3) is 4.60. The number of carbonyl (C=O) groups is 1. The van der Waals surface area contributed by atoms with E-state index in [2.05, 4.69) is 22.2 Å². The average Bonchev–Trinajstić information content (AvgIpc) is 2.64. The molecule has 0 atom stereocenters. The van der Waals surface area contributed by atoms with Crippen LogP contribution >= 0.6 is 0 Å². The highest BCUT2D eigenvalue weighted by Crippen LogP contribution is 2.31. The molecule has 0 amide bonds. The van der Waals surface area contributed by atoms with Crippen LogP contribution in [-0.2, 0) is 6.54 Å². The van der Waals surface area contributed by atoms with Gasteiger partial charge >= 0.3 is 5.97 Å². The van der Waals surface area contributed by atoms with Crippen LogP contribution in [0.4, 0.5) is 0 Å². The van der Waals surface area contributed by atoms with Gasteiger partial charge in [-0.15, -0.1) is 0 Å². The number of benzene rings is 1. The smallest absolute Gasteiger partial charge is 0.335 e. The summed E-state index contributed by atoms with van der Waals surface area (Å²) < 4.78 is 0. The highest BCUT2D eigenvalue weighted by molar-refractivity contribution is 5.87. The van der Waals surface area contributed by atoms with Crippen molar-refractivity contribution in [3.63, 3.8) is 0 Å². The molecule has 25 heavy (non-hydrogen) atoms. The first-order valence-electron chi connectivity index (χ1n) is 9.56. The zero-order chi connectivity index (χ0) is 17.7. The van der Waals surface area contributed by atoms with Crippen molar-refractivity contribution in [1.29, 1.82) is 0 Å². The number of hydrogen-bond acceptors (Lipinski definition) is 4. The summed E-state index contributed by atoms with van der Waals surface area (Å²) in [5.74, 6) is -0.859. The van der Waals surface area contributed by atoms with Gasteiger partial charge in [-0.1, -0.05) is 18.6 Å². The van der Waals surface area contributed by atoms with E-state index in [-0.39, 0.29) is 5.54 Å². The molecule has 2 aliphatic heterocycles. The van der Waals surface area contributed by atoms with Crippen molar-refractivity contribution in [2.45, 2.75) is 44.2 Å². The lowest BCUT2D eigenvalue weighted by atomic mass is 9.84. The lowest BCUT2D eigenvalue weighted by Gasteiger charge is -2.50. The summed E-state index contributed by atoms with van der Waals surface area (Å²) in [6.07, 6.45) is 6.43. The van der Waals surface area contributed by atoms with Crippen LogP contribution < -0.4 is 5.32 Å². The number of hydrogen-bond donors (Lipinski definition) is 2. The molecule has 2 N–H and O–H groups in total. The van der Waals surface area contributed by atoms with Gasteiger partial charge in [-0.3, -0.25) is 4.90 Å². The lowest BCUT2D eigenvalue weighted by Crippen LogP contribution is -2.60. The van der Waals surface area contributed by atoms with Crippen LogP contribution in [0.2, 0.25) is 0 Å². The lowest BCUT2D eigenvalue weighted by molar-refractivity contribution is 0.0142. The number of carboxylic acid groups (broad SMARTS) is 1. The minimum absolute atomic E-state index is 0.261. The number of aromatic carboxylic acids is 1. The molecule has 2 fully saturated rings. The van der Waals surface area contributed by atoms with Gasteiger partial charge in [0, 0.05) is 18.6 Å². The molecule has 0 bridgehead atoms. The fraction of sp³-hybridized carbons (Fsp3) is 0.650. The first-order chi connectivity index (χ1) is 12.1. The van der Waals surface area contributed by atoms with Crippen LogP contribution in [0.5, 0.6) is 0 Å². The maximum Gasteiger partial charge on any atom is 0.335 e. The highest BCUT2D eigenvalue weighted by Gasteiger charge is 2.39. The monoisotopic (exact) mass is 345 g/mol. The summed E-state index contributed by atoms with van der Waals surface area (Å²) in [5.41, 5.74) is 1.67. The maximum absolute atomic E-state index is 11.1. The number of rotatable bonds is 6. The van der Waals surface area contributed by atoms with E-state index >= 15 is 0 Å². The van der Waals surface area contributed by atoms with E-state index in [1.54, 1.807) is 12.1 Å². The quantitative estimate of drug-likeness (QED) is 0.829. The van der Waals surface area contributed by atoms with Gasteiger partial charge in [0.1, 0.15) is 0 Å². The Balaban J connectivity index is 1.62. The average molecular weight is 345 g/mol. The van der Waals surface area contributed by atoms with Gasteiger partial charge in [-0.05, 0) is 76.6 Å². The minimum Gasteiger partial charge on any atom is -0.478 e. The van der Waals surface area contributed by atoms with Crippen molar-refractivity contribution in [3.05, 3.63) is 35.4 Å². The number of nitrogens with zero attached hydrogens (tertiary/aromatic N) is 2. The summed E-state index contributed by atoms with van der Waals surface area (Å²) in [6, 6.07) is 7.26. The molecule has 0 spiro atoms. The van der Waals surface area contributed by atoms with Crippen LogP contribution in [0.3, 0.4) is 0 Å². The van der Waals surface area contributed by atoms with E-state index in [4.69, 9.17) is 5.11 Å². The third-order valence-electron chi connectivity index (χ3n) is 5.90.